The minimum absolute atomic E-state index is 0.191. The number of rotatable bonds is 3. The van der Waals surface area contributed by atoms with Gasteiger partial charge in [0.05, 0.1) is 13.2 Å². The Labute approximate surface area is 92.9 Å². The average Bonchev–Trinajstić information content (AvgIpc) is 2.15. The van der Waals surface area contributed by atoms with Gasteiger partial charge >= 0.3 is 6.03 Å². The molecule has 0 unspecified atom stereocenters. The van der Waals surface area contributed by atoms with E-state index in [4.69, 9.17) is 4.74 Å². The molecule has 0 aromatic carbocycles. The minimum atomic E-state index is -0.971. The predicted molar refractivity (Wildman–Crippen MR) is 53.4 cm³/mol. The average molecular weight is 226 g/mol. The van der Waals surface area contributed by atoms with Gasteiger partial charge in [0.2, 0.25) is 11.8 Å². The normalized spacial score (nSPS) is 23.3. The van der Waals surface area contributed by atoms with Crippen LogP contribution in [0.3, 0.4) is 0 Å². The van der Waals surface area contributed by atoms with E-state index in [1.807, 2.05) is 0 Å². The third kappa shape index (κ3) is 1.41. The van der Waals surface area contributed by atoms with Crippen LogP contribution in [0.4, 0.5) is 4.79 Å². The van der Waals surface area contributed by atoms with E-state index in [0.717, 1.165) is 11.3 Å². The quantitative estimate of drug-likeness (QED) is 0.681. The van der Waals surface area contributed by atoms with Crippen molar-refractivity contribution < 1.29 is 19.1 Å². The molecule has 6 nitrogen and oxygen atoms in total. The molecule has 6 heteroatoms. The highest BCUT2D eigenvalue weighted by molar-refractivity contribution is 6.19. The lowest BCUT2D eigenvalue weighted by molar-refractivity contribution is -0.158. The Kier molecular flexibility index (Phi) is 2.67. The standard InChI is InChI=1S/C10H14N2O4/c1-16-6-5-12-8(14)10(3-2-4-10)7(13)11-9(12)15/h2-6H2,1H3,(H,11,13,15). The SMILES string of the molecule is COCCN1C(=O)NC(=O)C2(CCC2)C1=O. The van der Waals surface area contributed by atoms with Gasteiger partial charge < -0.3 is 4.74 Å². The first-order valence-electron chi connectivity index (χ1n) is 5.28. The summed E-state index contributed by atoms with van der Waals surface area (Å²) in [7, 11) is 1.50. The number of imide groups is 2. The molecular formula is C10H14N2O4. The third-order valence-electron chi connectivity index (χ3n) is 3.28. The maximum Gasteiger partial charge on any atom is 0.330 e. The summed E-state index contributed by atoms with van der Waals surface area (Å²) in [4.78, 5) is 36.2. The number of ether oxygens (including phenoxy) is 1. The number of urea groups is 1. The summed E-state index contributed by atoms with van der Waals surface area (Å²) in [5.74, 6) is -0.813. The van der Waals surface area contributed by atoms with E-state index in [2.05, 4.69) is 5.32 Å². The summed E-state index contributed by atoms with van der Waals surface area (Å²) in [6.07, 6.45) is 1.92. The molecule has 1 heterocycles. The Bertz CT molecular complexity index is 349. The van der Waals surface area contributed by atoms with Gasteiger partial charge in [-0.15, -0.1) is 0 Å². The molecule has 2 aliphatic rings. The largest absolute Gasteiger partial charge is 0.383 e. The second-order valence-corrected chi connectivity index (χ2v) is 4.14. The smallest absolute Gasteiger partial charge is 0.330 e. The van der Waals surface area contributed by atoms with Crippen LogP contribution in [0.15, 0.2) is 0 Å². The van der Waals surface area contributed by atoms with Gasteiger partial charge in [-0.05, 0) is 12.8 Å². The number of barbiturate groups is 1. The summed E-state index contributed by atoms with van der Waals surface area (Å²) < 4.78 is 4.83. The highest BCUT2D eigenvalue weighted by Gasteiger charge is 2.57. The summed E-state index contributed by atoms with van der Waals surface area (Å²) >= 11 is 0. The zero-order valence-electron chi connectivity index (χ0n) is 9.12. The van der Waals surface area contributed by atoms with E-state index < -0.39 is 17.4 Å². The van der Waals surface area contributed by atoms with E-state index in [-0.39, 0.29) is 19.1 Å². The van der Waals surface area contributed by atoms with Gasteiger partial charge in [0, 0.05) is 7.11 Å². The molecule has 16 heavy (non-hydrogen) atoms. The van der Waals surface area contributed by atoms with Crippen LogP contribution in [-0.4, -0.2) is 43.0 Å². The van der Waals surface area contributed by atoms with Gasteiger partial charge in [-0.2, -0.15) is 0 Å². The number of amides is 4. The van der Waals surface area contributed by atoms with Gasteiger partial charge in [-0.3, -0.25) is 19.8 Å². The van der Waals surface area contributed by atoms with Gasteiger partial charge in [-0.1, -0.05) is 6.42 Å². The Hall–Kier alpha value is -1.43. The maximum atomic E-state index is 12.0. The first-order valence-corrected chi connectivity index (χ1v) is 5.28. The molecule has 1 saturated carbocycles. The predicted octanol–water partition coefficient (Wildman–Crippen LogP) is -0.119. The highest BCUT2D eigenvalue weighted by Crippen LogP contribution is 2.44. The Morgan fingerprint density at radius 2 is 2.06 bits per heavy atom. The molecule has 1 N–H and O–H groups in total. The molecular weight excluding hydrogens is 212 g/mol. The zero-order valence-corrected chi connectivity index (χ0v) is 9.12. The molecule has 4 amide bonds. The van der Waals surface area contributed by atoms with E-state index in [1.54, 1.807) is 0 Å². The second-order valence-electron chi connectivity index (χ2n) is 4.14. The van der Waals surface area contributed by atoms with Crippen molar-refractivity contribution in [2.75, 3.05) is 20.3 Å². The van der Waals surface area contributed by atoms with Gasteiger partial charge in [0.15, 0.2) is 0 Å². The molecule has 0 radical (unpaired) electrons. The molecule has 0 aromatic rings. The van der Waals surface area contributed by atoms with Crippen LogP contribution in [0.1, 0.15) is 19.3 Å². The Morgan fingerprint density at radius 3 is 2.56 bits per heavy atom. The van der Waals surface area contributed by atoms with Crippen LogP contribution >= 0.6 is 0 Å². The van der Waals surface area contributed by atoms with Gasteiger partial charge in [0.1, 0.15) is 5.41 Å². The molecule has 88 valence electrons. The molecule has 2 rings (SSSR count). The fraction of sp³-hybridized carbons (Fsp3) is 0.700. The lowest BCUT2D eigenvalue weighted by Crippen LogP contribution is -2.66. The first-order chi connectivity index (χ1) is 7.62. The monoisotopic (exact) mass is 226 g/mol. The summed E-state index contributed by atoms with van der Waals surface area (Å²) in [6.45, 7) is 0.472. The van der Waals surface area contributed by atoms with E-state index in [1.165, 1.54) is 7.11 Å². The lowest BCUT2D eigenvalue weighted by atomic mass is 9.66. The minimum Gasteiger partial charge on any atom is -0.383 e. The van der Waals surface area contributed by atoms with Crippen LogP contribution in [0.2, 0.25) is 0 Å². The van der Waals surface area contributed by atoms with E-state index in [9.17, 15) is 14.4 Å². The van der Waals surface area contributed by atoms with Crippen LogP contribution in [0.25, 0.3) is 0 Å². The number of hydrogen-bond acceptors (Lipinski definition) is 4. The van der Waals surface area contributed by atoms with Crippen molar-refractivity contribution in [3.8, 4) is 0 Å². The molecule has 0 aromatic heterocycles. The summed E-state index contributed by atoms with van der Waals surface area (Å²) in [5.41, 5.74) is -0.971. The molecule has 0 atom stereocenters. The summed E-state index contributed by atoms with van der Waals surface area (Å²) in [6, 6.07) is -0.635. The highest BCUT2D eigenvalue weighted by atomic mass is 16.5. The Balaban J connectivity index is 2.16. The van der Waals surface area contributed by atoms with Crippen molar-refractivity contribution in [1.29, 1.82) is 0 Å². The van der Waals surface area contributed by atoms with Gasteiger partial charge in [0.25, 0.3) is 0 Å². The van der Waals surface area contributed by atoms with E-state index in [0.29, 0.717) is 12.8 Å². The van der Waals surface area contributed by atoms with E-state index >= 15 is 0 Å². The number of nitrogens with one attached hydrogen (secondary N) is 1. The number of carbonyl (C=O) groups excluding carboxylic acids is 3. The lowest BCUT2D eigenvalue weighted by Gasteiger charge is -2.44. The molecule has 0 bridgehead atoms. The van der Waals surface area contributed by atoms with Crippen molar-refractivity contribution in [1.82, 2.24) is 10.2 Å². The van der Waals surface area contributed by atoms with Gasteiger partial charge in [-0.25, -0.2) is 4.79 Å². The summed E-state index contributed by atoms with van der Waals surface area (Å²) in [5, 5.41) is 2.23. The number of methoxy groups -OCH3 is 1. The fourth-order valence-electron chi connectivity index (χ4n) is 2.09. The molecule has 1 saturated heterocycles. The molecule has 2 fully saturated rings. The number of hydrogen-bond donors (Lipinski definition) is 1. The van der Waals surface area contributed by atoms with Crippen molar-refractivity contribution in [3.05, 3.63) is 0 Å². The zero-order chi connectivity index (χ0) is 11.8. The van der Waals surface area contributed by atoms with Crippen molar-refractivity contribution in [3.63, 3.8) is 0 Å². The van der Waals surface area contributed by atoms with Crippen LogP contribution in [0.5, 0.6) is 0 Å². The van der Waals surface area contributed by atoms with Crippen LogP contribution in [0, 0.1) is 5.41 Å². The second kappa shape index (κ2) is 3.86. The third-order valence-corrected chi connectivity index (χ3v) is 3.28. The Morgan fingerprint density at radius 1 is 1.38 bits per heavy atom. The number of nitrogens with zero attached hydrogens (tertiary/aromatic N) is 1. The maximum absolute atomic E-state index is 12.0. The first kappa shape index (κ1) is 11.1. The topological polar surface area (TPSA) is 75.7 Å². The van der Waals surface area contributed by atoms with Crippen LogP contribution in [-0.2, 0) is 14.3 Å². The van der Waals surface area contributed by atoms with Crippen molar-refractivity contribution in [2.45, 2.75) is 19.3 Å². The fourth-order valence-corrected chi connectivity index (χ4v) is 2.09. The van der Waals surface area contributed by atoms with Crippen molar-refractivity contribution in [2.24, 2.45) is 5.41 Å². The van der Waals surface area contributed by atoms with Crippen LogP contribution < -0.4 is 5.32 Å². The number of carbonyl (C=O) groups is 3. The molecule has 1 aliphatic heterocycles. The molecule has 1 aliphatic carbocycles. The van der Waals surface area contributed by atoms with Crippen molar-refractivity contribution >= 4 is 17.8 Å². The molecule has 1 spiro atoms.